The van der Waals surface area contributed by atoms with Crippen molar-refractivity contribution in [3.05, 3.63) is 81.2 Å². The molecule has 1 heterocycles. The lowest BCUT2D eigenvalue weighted by Gasteiger charge is -2.07. The lowest BCUT2D eigenvalue weighted by molar-refractivity contribution is -0.116. The summed E-state index contributed by atoms with van der Waals surface area (Å²) >= 11 is 6.12. The van der Waals surface area contributed by atoms with Crippen LogP contribution in [0.1, 0.15) is 17.7 Å². The van der Waals surface area contributed by atoms with Crippen molar-refractivity contribution in [3.63, 3.8) is 0 Å². The third kappa shape index (κ3) is 3.58. The Labute approximate surface area is 156 Å². The number of amides is 1. The summed E-state index contributed by atoms with van der Waals surface area (Å²) in [4.78, 5) is 25.1. The molecular formula is C20H20ClN3O2. The molecule has 134 valence electrons. The molecule has 0 aliphatic heterocycles. The molecule has 3 aromatic rings. The van der Waals surface area contributed by atoms with Crippen molar-refractivity contribution >= 4 is 23.2 Å². The number of hydrogen-bond acceptors (Lipinski definition) is 2. The molecule has 0 atom stereocenters. The summed E-state index contributed by atoms with van der Waals surface area (Å²) in [5, 5.41) is 3.40. The second-order valence-electron chi connectivity index (χ2n) is 6.08. The maximum absolute atomic E-state index is 12.8. The van der Waals surface area contributed by atoms with Crippen LogP contribution in [0.5, 0.6) is 0 Å². The summed E-state index contributed by atoms with van der Waals surface area (Å²) in [7, 11) is 1.79. The van der Waals surface area contributed by atoms with Crippen molar-refractivity contribution in [2.45, 2.75) is 19.8 Å². The molecule has 0 bridgehead atoms. The van der Waals surface area contributed by atoms with Crippen molar-refractivity contribution in [2.75, 3.05) is 5.32 Å². The molecule has 0 saturated carbocycles. The second kappa shape index (κ2) is 7.62. The van der Waals surface area contributed by atoms with E-state index in [1.165, 1.54) is 0 Å². The largest absolute Gasteiger partial charge is 0.320 e. The van der Waals surface area contributed by atoms with Gasteiger partial charge in [-0.05, 0) is 37.1 Å². The van der Waals surface area contributed by atoms with Gasteiger partial charge in [-0.15, -0.1) is 0 Å². The first-order chi connectivity index (χ1) is 12.5. The van der Waals surface area contributed by atoms with Crippen molar-refractivity contribution in [3.8, 4) is 5.69 Å². The second-order valence-corrected chi connectivity index (χ2v) is 6.48. The Hall–Kier alpha value is -2.79. The number of carbonyl (C=O) groups excluding carboxylic acids is 1. The van der Waals surface area contributed by atoms with Crippen molar-refractivity contribution in [2.24, 2.45) is 7.05 Å². The Kier molecular flexibility index (Phi) is 5.28. The van der Waals surface area contributed by atoms with Gasteiger partial charge in [0.25, 0.3) is 5.56 Å². The predicted octanol–water partition coefficient (Wildman–Crippen LogP) is 3.71. The zero-order chi connectivity index (χ0) is 18.7. The van der Waals surface area contributed by atoms with E-state index in [0.29, 0.717) is 22.8 Å². The third-order valence-electron chi connectivity index (χ3n) is 4.40. The van der Waals surface area contributed by atoms with Crippen molar-refractivity contribution < 1.29 is 4.79 Å². The monoisotopic (exact) mass is 369 g/mol. The highest BCUT2D eigenvalue weighted by atomic mass is 35.5. The fourth-order valence-corrected chi connectivity index (χ4v) is 3.09. The number of nitrogens with zero attached hydrogens (tertiary/aromatic N) is 2. The molecule has 2 aromatic carbocycles. The van der Waals surface area contributed by atoms with Crippen LogP contribution in [-0.2, 0) is 18.3 Å². The fourth-order valence-electron chi connectivity index (χ4n) is 2.86. The van der Waals surface area contributed by atoms with Gasteiger partial charge in [-0.2, -0.15) is 0 Å². The van der Waals surface area contributed by atoms with Crippen LogP contribution in [0.25, 0.3) is 5.69 Å². The number of para-hydroxylation sites is 1. The van der Waals surface area contributed by atoms with Gasteiger partial charge in [-0.25, -0.2) is 4.68 Å². The molecule has 6 heteroatoms. The van der Waals surface area contributed by atoms with Crippen LogP contribution < -0.4 is 10.9 Å². The average Bonchev–Trinajstić information content (AvgIpc) is 2.85. The number of aryl methyl sites for hydroxylation is 1. The number of aromatic nitrogens is 2. The normalized spacial score (nSPS) is 10.7. The zero-order valence-electron chi connectivity index (χ0n) is 14.7. The van der Waals surface area contributed by atoms with Gasteiger partial charge >= 0.3 is 0 Å². The third-order valence-corrected chi connectivity index (χ3v) is 4.77. The minimum absolute atomic E-state index is 0.212. The lowest BCUT2D eigenvalue weighted by atomic mass is 10.1. The molecule has 0 unspecified atom stereocenters. The maximum atomic E-state index is 12.8. The van der Waals surface area contributed by atoms with Crippen LogP contribution in [0.15, 0.2) is 59.4 Å². The molecule has 0 fully saturated rings. The number of nitrogens with one attached hydrogen (secondary N) is 1. The van der Waals surface area contributed by atoms with Crippen LogP contribution in [-0.4, -0.2) is 15.3 Å². The van der Waals surface area contributed by atoms with Crippen LogP contribution in [0, 0.1) is 6.92 Å². The van der Waals surface area contributed by atoms with E-state index in [0.717, 1.165) is 11.3 Å². The first-order valence-electron chi connectivity index (χ1n) is 8.36. The van der Waals surface area contributed by atoms with E-state index < -0.39 is 0 Å². The van der Waals surface area contributed by atoms with E-state index in [2.05, 4.69) is 5.32 Å². The van der Waals surface area contributed by atoms with Gasteiger partial charge in [0, 0.05) is 18.5 Å². The molecular weight excluding hydrogens is 350 g/mol. The predicted molar refractivity (Wildman–Crippen MR) is 104 cm³/mol. The van der Waals surface area contributed by atoms with Crippen LogP contribution in [0.2, 0.25) is 5.02 Å². The average molecular weight is 370 g/mol. The van der Waals surface area contributed by atoms with E-state index in [1.54, 1.807) is 22.5 Å². The maximum Gasteiger partial charge on any atom is 0.295 e. The minimum atomic E-state index is -0.248. The molecule has 0 aliphatic carbocycles. The highest BCUT2D eigenvalue weighted by Crippen LogP contribution is 2.18. The summed E-state index contributed by atoms with van der Waals surface area (Å²) in [6, 6.07) is 16.8. The number of halogens is 1. The summed E-state index contributed by atoms with van der Waals surface area (Å²) in [6.07, 6.45) is 0.771. The smallest absolute Gasteiger partial charge is 0.295 e. The molecule has 5 nitrogen and oxygen atoms in total. The summed E-state index contributed by atoms with van der Waals surface area (Å²) < 4.78 is 3.28. The highest BCUT2D eigenvalue weighted by molar-refractivity contribution is 6.31. The molecule has 1 amide bonds. The van der Waals surface area contributed by atoms with Crippen molar-refractivity contribution in [1.82, 2.24) is 9.36 Å². The highest BCUT2D eigenvalue weighted by Gasteiger charge is 2.18. The van der Waals surface area contributed by atoms with Gasteiger partial charge in [0.05, 0.1) is 11.4 Å². The lowest BCUT2D eigenvalue weighted by Crippen LogP contribution is -2.23. The summed E-state index contributed by atoms with van der Waals surface area (Å²) in [5.74, 6) is -0.212. The molecule has 26 heavy (non-hydrogen) atoms. The van der Waals surface area contributed by atoms with Gasteiger partial charge in [-0.1, -0.05) is 48.0 Å². The molecule has 0 spiro atoms. The molecule has 0 aliphatic rings. The van der Waals surface area contributed by atoms with E-state index in [-0.39, 0.29) is 17.9 Å². The topological polar surface area (TPSA) is 56.0 Å². The molecule has 1 N–H and O–H groups in total. The van der Waals surface area contributed by atoms with E-state index in [4.69, 9.17) is 11.6 Å². The van der Waals surface area contributed by atoms with Crippen molar-refractivity contribution in [1.29, 1.82) is 0 Å². The zero-order valence-corrected chi connectivity index (χ0v) is 15.5. The number of benzene rings is 2. The van der Waals surface area contributed by atoms with Gasteiger partial charge in [-0.3, -0.25) is 14.3 Å². The minimum Gasteiger partial charge on any atom is -0.320 e. The fraction of sp³-hybridized carbons (Fsp3) is 0.200. The van der Waals surface area contributed by atoms with Crippen LogP contribution >= 0.6 is 11.6 Å². The first kappa shape index (κ1) is 18.0. The number of rotatable bonds is 5. The molecule has 0 radical (unpaired) electrons. The number of anilines is 1. The number of hydrogen-bond donors (Lipinski definition) is 1. The Bertz CT molecular complexity index is 990. The Morgan fingerprint density at radius 1 is 1.08 bits per heavy atom. The van der Waals surface area contributed by atoms with Gasteiger partial charge in [0.2, 0.25) is 5.91 Å². The van der Waals surface area contributed by atoms with Gasteiger partial charge in [0.1, 0.15) is 5.69 Å². The Morgan fingerprint density at radius 3 is 2.42 bits per heavy atom. The standard InChI is InChI=1S/C20H20ClN3O2/c1-14-19(20(26)24(23(14)2)16-9-4-3-5-10-16)22-18(25)13-12-15-8-6-7-11-17(15)21/h3-11H,12-13H2,1-2H3,(H,22,25). The van der Waals surface area contributed by atoms with E-state index >= 15 is 0 Å². The van der Waals surface area contributed by atoms with E-state index in [9.17, 15) is 9.59 Å². The Balaban J connectivity index is 1.79. The van der Waals surface area contributed by atoms with E-state index in [1.807, 2.05) is 55.5 Å². The van der Waals surface area contributed by atoms with Gasteiger partial charge in [0.15, 0.2) is 0 Å². The number of carbonyl (C=O) groups is 1. The van der Waals surface area contributed by atoms with Gasteiger partial charge < -0.3 is 5.32 Å². The summed E-state index contributed by atoms with van der Waals surface area (Å²) in [5.41, 5.74) is 2.42. The van der Waals surface area contributed by atoms with Crippen LogP contribution in [0.4, 0.5) is 5.69 Å². The molecule has 0 saturated heterocycles. The Morgan fingerprint density at radius 2 is 1.73 bits per heavy atom. The first-order valence-corrected chi connectivity index (χ1v) is 8.74. The molecule has 1 aromatic heterocycles. The molecule has 3 rings (SSSR count). The summed E-state index contributed by atoms with van der Waals surface area (Å²) in [6.45, 7) is 1.81. The van der Waals surface area contributed by atoms with Crippen LogP contribution in [0.3, 0.4) is 0 Å². The quantitative estimate of drug-likeness (QED) is 0.745. The SMILES string of the molecule is Cc1c(NC(=O)CCc2ccccc2Cl)c(=O)n(-c2ccccc2)n1C.